The lowest BCUT2D eigenvalue weighted by Gasteiger charge is -2.05. The summed E-state index contributed by atoms with van der Waals surface area (Å²) in [5.41, 5.74) is 1.93. The number of rotatable bonds is 6. The van der Waals surface area contributed by atoms with Crippen LogP contribution in [0.25, 0.3) is 0 Å². The smallest absolute Gasteiger partial charge is 0.120 e. The molecule has 2 rings (SSSR count). The van der Waals surface area contributed by atoms with Crippen LogP contribution >= 0.6 is 0 Å². The Morgan fingerprint density at radius 3 is 2.83 bits per heavy atom. The average molecular weight is 245 g/mol. The van der Waals surface area contributed by atoms with E-state index in [1.54, 1.807) is 6.07 Å². The molecule has 2 aromatic rings. The van der Waals surface area contributed by atoms with Crippen molar-refractivity contribution in [2.24, 2.45) is 0 Å². The van der Waals surface area contributed by atoms with Crippen LogP contribution in [0.5, 0.6) is 5.75 Å². The predicted molar refractivity (Wildman–Crippen MR) is 71.2 cm³/mol. The van der Waals surface area contributed by atoms with Gasteiger partial charge in [0.2, 0.25) is 0 Å². The summed E-state index contributed by atoms with van der Waals surface area (Å²) in [6.45, 7) is 4.45. The quantitative estimate of drug-likeness (QED) is 0.821. The van der Waals surface area contributed by atoms with E-state index in [2.05, 4.69) is 17.3 Å². The summed E-state index contributed by atoms with van der Waals surface area (Å²) in [5, 5.41) is 17.3. The first kappa shape index (κ1) is 12.6. The highest BCUT2D eigenvalue weighted by Crippen LogP contribution is 2.14. The lowest BCUT2D eigenvalue weighted by molar-refractivity contribution is 0.464. The van der Waals surface area contributed by atoms with Crippen LogP contribution in [0.2, 0.25) is 0 Å². The molecule has 0 aliphatic carbocycles. The Bertz CT molecular complexity index is 493. The topological polar surface area (TPSA) is 50.1 Å². The molecule has 0 saturated carbocycles. The highest BCUT2D eigenvalue weighted by atomic mass is 16.3. The zero-order valence-corrected chi connectivity index (χ0v) is 10.6. The Kier molecular flexibility index (Phi) is 4.36. The van der Waals surface area contributed by atoms with Crippen LogP contribution < -0.4 is 5.32 Å². The number of nitrogens with one attached hydrogen (secondary N) is 1. The van der Waals surface area contributed by atoms with E-state index >= 15 is 0 Å². The first-order chi connectivity index (χ1) is 8.79. The Labute approximate surface area is 107 Å². The van der Waals surface area contributed by atoms with E-state index in [-0.39, 0.29) is 0 Å². The first-order valence-corrected chi connectivity index (χ1v) is 6.29. The molecule has 0 unspecified atom stereocenters. The van der Waals surface area contributed by atoms with E-state index in [4.69, 9.17) is 0 Å². The SMILES string of the molecule is CCCn1ccc(CNCc2ccccc2O)n1. The molecule has 4 nitrogen and oxygen atoms in total. The van der Waals surface area contributed by atoms with Gasteiger partial charge in [0.15, 0.2) is 0 Å². The normalized spacial score (nSPS) is 10.7. The molecule has 1 aromatic heterocycles. The van der Waals surface area contributed by atoms with Gasteiger partial charge < -0.3 is 10.4 Å². The van der Waals surface area contributed by atoms with Gasteiger partial charge in [0, 0.05) is 31.4 Å². The van der Waals surface area contributed by atoms with Gasteiger partial charge in [-0.3, -0.25) is 4.68 Å². The van der Waals surface area contributed by atoms with Gasteiger partial charge in [0.1, 0.15) is 5.75 Å². The molecule has 0 aliphatic rings. The number of hydrogen-bond acceptors (Lipinski definition) is 3. The van der Waals surface area contributed by atoms with Gasteiger partial charge in [-0.15, -0.1) is 0 Å². The van der Waals surface area contributed by atoms with Crippen molar-refractivity contribution in [3.8, 4) is 5.75 Å². The van der Waals surface area contributed by atoms with E-state index in [0.29, 0.717) is 18.8 Å². The van der Waals surface area contributed by atoms with Gasteiger partial charge in [-0.2, -0.15) is 5.10 Å². The minimum atomic E-state index is 0.335. The maximum absolute atomic E-state index is 9.62. The van der Waals surface area contributed by atoms with Crippen LogP contribution in [0.4, 0.5) is 0 Å². The van der Waals surface area contributed by atoms with Crippen LogP contribution in [-0.2, 0) is 19.6 Å². The molecule has 0 amide bonds. The summed E-state index contributed by atoms with van der Waals surface area (Å²) in [7, 11) is 0. The van der Waals surface area contributed by atoms with Crippen LogP contribution in [0.15, 0.2) is 36.5 Å². The van der Waals surface area contributed by atoms with E-state index in [1.807, 2.05) is 35.1 Å². The summed E-state index contributed by atoms with van der Waals surface area (Å²) >= 11 is 0. The minimum absolute atomic E-state index is 0.335. The molecule has 0 saturated heterocycles. The molecule has 0 fully saturated rings. The van der Waals surface area contributed by atoms with Gasteiger partial charge in [0.05, 0.1) is 5.69 Å². The summed E-state index contributed by atoms with van der Waals surface area (Å²) < 4.78 is 1.96. The van der Waals surface area contributed by atoms with E-state index in [9.17, 15) is 5.11 Å². The van der Waals surface area contributed by atoms with Crippen molar-refractivity contribution < 1.29 is 5.11 Å². The Balaban J connectivity index is 1.83. The average Bonchev–Trinajstić information content (AvgIpc) is 2.80. The lowest BCUT2D eigenvalue weighted by Crippen LogP contribution is -2.13. The molecular weight excluding hydrogens is 226 g/mol. The highest BCUT2D eigenvalue weighted by Gasteiger charge is 2.01. The summed E-state index contributed by atoms with van der Waals surface area (Å²) in [6, 6.07) is 9.39. The Morgan fingerprint density at radius 1 is 1.22 bits per heavy atom. The Morgan fingerprint density at radius 2 is 2.06 bits per heavy atom. The zero-order valence-electron chi connectivity index (χ0n) is 10.6. The van der Waals surface area contributed by atoms with Crippen molar-refractivity contribution in [2.45, 2.75) is 33.0 Å². The number of para-hydroxylation sites is 1. The van der Waals surface area contributed by atoms with Crippen molar-refractivity contribution in [1.29, 1.82) is 0 Å². The third kappa shape index (κ3) is 3.34. The molecule has 0 atom stereocenters. The number of aromatic nitrogens is 2. The molecule has 0 spiro atoms. The van der Waals surface area contributed by atoms with Crippen LogP contribution in [0.3, 0.4) is 0 Å². The predicted octanol–water partition coefficient (Wildman–Crippen LogP) is 2.29. The maximum atomic E-state index is 9.62. The van der Waals surface area contributed by atoms with Gasteiger partial charge in [0.25, 0.3) is 0 Å². The summed E-state index contributed by atoms with van der Waals surface area (Å²) in [5.74, 6) is 0.335. The number of aryl methyl sites for hydroxylation is 1. The number of aromatic hydroxyl groups is 1. The van der Waals surface area contributed by atoms with Gasteiger partial charge in [-0.05, 0) is 18.6 Å². The second-order valence-corrected chi connectivity index (χ2v) is 4.30. The van der Waals surface area contributed by atoms with Crippen molar-refractivity contribution in [2.75, 3.05) is 0 Å². The molecule has 2 N–H and O–H groups in total. The van der Waals surface area contributed by atoms with Gasteiger partial charge in [-0.1, -0.05) is 25.1 Å². The number of benzene rings is 1. The first-order valence-electron chi connectivity index (χ1n) is 6.29. The number of nitrogens with zero attached hydrogens (tertiary/aromatic N) is 2. The van der Waals surface area contributed by atoms with Crippen molar-refractivity contribution in [1.82, 2.24) is 15.1 Å². The monoisotopic (exact) mass is 245 g/mol. The van der Waals surface area contributed by atoms with Crippen LogP contribution in [0.1, 0.15) is 24.6 Å². The molecular formula is C14H19N3O. The highest BCUT2D eigenvalue weighted by molar-refractivity contribution is 5.31. The molecule has 0 aliphatic heterocycles. The van der Waals surface area contributed by atoms with E-state index in [1.165, 1.54) is 0 Å². The molecule has 96 valence electrons. The maximum Gasteiger partial charge on any atom is 0.120 e. The molecule has 0 bridgehead atoms. The molecule has 0 radical (unpaired) electrons. The summed E-state index contributed by atoms with van der Waals surface area (Å²) in [4.78, 5) is 0. The van der Waals surface area contributed by atoms with Gasteiger partial charge >= 0.3 is 0 Å². The third-order valence-corrected chi connectivity index (χ3v) is 2.76. The summed E-state index contributed by atoms with van der Waals surface area (Å²) in [6.07, 6.45) is 3.09. The molecule has 4 heteroatoms. The zero-order chi connectivity index (χ0) is 12.8. The minimum Gasteiger partial charge on any atom is -0.508 e. The van der Waals surface area contributed by atoms with Gasteiger partial charge in [-0.25, -0.2) is 0 Å². The van der Waals surface area contributed by atoms with Crippen molar-refractivity contribution in [3.63, 3.8) is 0 Å². The van der Waals surface area contributed by atoms with Crippen molar-refractivity contribution >= 4 is 0 Å². The number of phenolic OH excluding ortho intramolecular Hbond substituents is 1. The fraction of sp³-hybridized carbons (Fsp3) is 0.357. The second kappa shape index (κ2) is 6.21. The fourth-order valence-corrected chi connectivity index (χ4v) is 1.84. The van der Waals surface area contributed by atoms with E-state index in [0.717, 1.165) is 24.2 Å². The molecule has 1 heterocycles. The van der Waals surface area contributed by atoms with Crippen LogP contribution in [-0.4, -0.2) is 14.9 Å². The number of phenols is 1. The third-order valence-electron chi connectivity index (χ3n) is 2.76. The number of hydrogen-bond donors (Lipinski definition) is 2. The second-order valence-electron chi connectivity index (χ2n) is 4.30. The van der Waals surface area contributed by atoms with Crippen molar-refractivity contribution in [3.05, 3.63) is 47.8 Å². The molecule has 1 aromatic carbocycles. The lowest BCUT2D eigenvalue weighted by atomic mass is 10.2. The fourth-order valence-electron chi connectivity index (χ4n) is 1.84. The standard InChI is InChI=1S/C14H19N3O/c1-2-8-17-9-7-13(16-17)11-15-10-12-5-3-4-6-14(12)18/h3-7,9,15,18H,2,8,10-11H2,1H3. The Hall–Kier alpha value is -1.81. The van der Waals surface area contributed by atoms with E-state index < -0.39 is 0 Å². The van der Waals surface area contributed by atoms with Crippen LogP contribution in [0, 0.1) is 0 Å². The molecule has 18 heavy (non-hydrogen) atoms. The largest absolute Gasteiger partial charge is 0.508 e.